The molecule has 2 heterocycles. The molecular weight excluding hydrogens is 354 g/mol. The second kappa shape index (κ2) is 6.82. The van der Waals surface area contributed by atoms with Gasteiger partial charge >= 0.3 is 0 Å². The molecule has 5 nitrogen and oxygen atoms in total. The zero-order chi connectivity index (χ0) is 18.3. The van der Waals surface area contributed by atoms with E-state index in [-0.39, 0.29) is 5.91 Å². The Kier molecular flexibility index (Phi) is 4.51. The molecule has 1 saturated heterocycles. The number of hydrogen-bond acceptors (Lipinski definition) is 4. The monoisotopic (exact) mass is 373 g/mol. The molecule has 1 fully saturated rings. The highest BCUT2D eigenvalue weighted by Gasteiger charge is 2.43. The quantitative estimate of drug-likeness (QED) is 0.878. The van der Waals surface area contributed by atoms with Gasteiger partial charge in [0.1, 0.15) is 6.10 Å². The zero-order valence-corrected chi connectivity index (χ0v) is 15.1. The molecule has 4 atom stereocenters. The van der Waals surface area contributed by atoms with Crippen LogP contribution in [0, 0.1) is 0 Å². The number of benzene rings is 2. The summed E-state index contributed by atoms with van der Waals surface area (Å²) >= 11 is 5.96. The van der Waals surface area contributed by atoms with Gasteiger partial charge in [-0.15, -0.1) is 0 Å². The highest BCUT2D eigenvalue weighted by molar-refractivity contribution is 6.30. The molecule has 4 rings (SSSR count). The Morgan fingerprint density at radius 3 is 2.46 bits per heavy atom. The number of likely N-dealkylation sites (tertiary alicyclic amines) is 1. The number of ether oxygens (including phenoxy) is 2. The van der Waals surface area contributed by atoms with Crippen LogP contribution in [0.2, 0.25) is 5.02 Å². The SMILES string of the molecule is CC1Oc2ccccc2OC1C(=O)N1CC[C@@H](O)[C@H]1c1ccc(Cl)cc1. The third kappa shape index (κ3) is 3.02. The third-order valence-corrected chi connectivity index (χ3v) is 5.20. The number of carbonyl (C=O) groups excluding carboxylic acids is 1. The van der Waals surface area contributed by atoms with Crippen LogP contribution < -0.4 is 9.47 Å². The van der Waals surface area contributed by atoms with Crippen molar-refractivity contribution in [1.29, 1.82) is 0 Å². The van der Waals surface area contributed by atoms with E-state index < -0.39 is 24.4 Å². The second-order valence-electron chi connectivity index (χ2n) is 6.69. The van der Waals surface area contributed by atoms with Gasteiger partial charge in [0.15, 0.2) is 11.5 Å². The van der Waals surface area contributed by atoms with E-state index in [0.29, 0.717) is 29.5 Å². The number of carbonyl (C=O) groups is 1. The first-order valence-electron chi connectivity index (χ1n) is 8.71. The molecule has 136 valence electrons. The molecule has 1 amide bonds. The van der Waals surface area contributed by atoms with Crippen LogP contribution in [0.5, 0.6) is 11.5 Å². The summed E-state index contributed by atoms with van der Waals surface area (Å²) in [5, 5.41) is 11.1. The maximum Gasteiger partial charge on any atom is 0.268 e. The van der Waals surface area contributed by atoms with Gasteiger partial charge in [0, 0.05) is 11.6 Å². The Balaban J connectivity index is 1.59. The van der Waals surface area contributed by atoms with E-state index in [0.717, 1.165) is 5.56 Å². The molecule has 0 saturated carbocycles. The van der Waals surface area contributed by atoms with Crippen molar-refractivity contribution in [3.05, 3.63) is 59.1 Å². The van der Waals surface area contributed by atoms with Crippen LogP contribution in [0.4, 0.5) is 0 Å². The van der Waals surface area contributed by atoms with Crippen LogP contribution >= 0.6 is 11.6 Å². The Labute approximate surface area is 157 Å². The standard InChI is InChI=1S/C20H20ClNO4/c1-12-19(26-17-5-3-2-4-16(17)25-12)20(24)22-11-10-15(23)18(22)13-6-8-14(21)9-7-13/h2-9,12,15,18-19,23H,10-11H2,1H3/t12?,15-,18-,19?/m1/s1. The molecule has 0 radical (unpaired) electrons. The summed E-state index contributed by atoms with van der Waals surface area (Å²) < 4.78 is 11.8. The predicted molar refractivity (Wildman–Crippen MR) is 97.5 cm³/mol. The van der Waals surface area contributed by atoms with E-state index in [4.69, 9.17) is 21.1 Å². The van der Waals surface area contributed by atoms with E-state index in [2.05, 4.69) is 0 Å². The van der Waals surface area contributed by atoms with Crippen molar-refractivity contribution >= 4 is 17.5 Å². The normalized spacial score (nSPS) is 27.4. The Morgan fingerprint density at radius 2 is 1.77 bits per heavy atom. The topological polar surface area (TPSA) is 59.0 Å². The Morgan fingerprint density at radius 1 is 1.12 bits per heavy atom. The maximum absolute atomic E-state index is 13.2. The van der Waals surface area contributed by atoms with Gasteiger partial charge in [-0.25, -0.2) is 0 Å². The van der Waals surface area contributed by atoms with Crippen molar-refractivity contribution in [3.63, 3.8) is 0 Å². The summed E-state index contributed by atoms with van der Waals surface area (Å²) in [7, 11) is 0. The number of nitrogens with zero attached hydrogens (tertiary/aromatic N) is 1. The third-order valence-electron chi connectivity index (χ3n) is 4.95. The lowest BCUT2D eigenvalue weighted by Gasteiger charge is -2.35. The van der Waals surface area contributed by atoms with E-state index in [1.807, 2.05) is 37.3 Å². The van der Waals surface area contributed by atoms with Crippen LogP contribution in [0.15, 0.2) is 48.5 Å². The van der Waals surface area contributed by atoms with Crippen molar-refractivity contribution in [3.8, 4) is 11.5 Å². The fourth-order valence-corrected chi connectivity index (χ4v) is 3.77. The fourth-order valence-electron chi connectivity index (χ4n) is 3.64. The first-order chi connectivity index (χ1) is 12.5. The number of hydrogen-bond donors (Lipinski definition) is 1. The van der Waals surface area contributed by atoms with Gasteiger partial charge in [0.25, 0.3) is 5.91 Å². The molecule has 2 aliphatic heterocycles. The first-order valence-corrected chi connectivity index (χ1v) is 9.09. The molecule has 1 N–H and O–H groups in total. The summed E-state index contributed by atoms with van der Waals surface area (Å²) in [6, 6.07) is 14.1. The lowest BCUT2D eigenvalue weighted by Crippen LogP contribution is -2.50. The summed E-state index contributed by atoms with van der Waals surface area (Å²) in [5.41, 5.74) is 0.859. The largest absolute Gasteiger partial charge is 0.482 e. The van der Waals surface area contributed by atoms with Gasteiger partial charge in [0.05, 0.1) is 12.1 Å². The molecule has 0 aliphatic carbocycles. The van der Waals surface area contributed by atoms with Gasteiger partial charge in [-0.1, -0.05) is 35.9 Å². The van der Waals surface area contributed by atoms with Crippen molar-refractivity contribution < 1.29 is 19.4 Å². The molecule has 2 aromatic carbocycles. The number of fused-ring (bicyclic) bond motifs is 1. The van der Waals surface area contributed by atoms with Crippen LogP contribution in [0.1, 0.15) is 24.9 Å². The number of para-hydroxylation sites is 2. The van der Waals surface area contributed by atoms with E-state index in [1.165, 1.54) is 0 Å². The average Bonchev–Trinajstić information content (AvgIpc) is 3.03. The fraction of sp³-hybridized carbons (Fsp3) is 0.350. The van der Waals surface area contributed by atoms with Crippen LogP contribution in [-0.2, 0) is 4.79 Å². The molecule has 0 bridgehead atoms. The van der Waals surface area contributed by atoms with Crippen molar-refractivity contribution in [1.82, 2.24) is 4.90 Å². The van der Waals surface area contributed by atoms with Crippen molar-refractivity contribution in [2.75, 3.05) is 6.54 Å². The maximum atomic E-state index is 13.2. The highest BCUT2D eigenvalue weighted by Crippen LogP contribution is 2.37. The van der Waals surface area contributed by atoms with Gasteiger partial charge in [-0.2, -0.15) is 0 Å². The van der Waals surface area contributed by atoms with E-state index in [1.54, 1.807) is 23.1 Å². The van der Waals surface area contributed by atoms with Gasteiger partial charge in [0.2, 0.25) is 6.10 Å². The molecule has 6 heteroatoms. The molecule has 26 heavy (non-hydrogen) atoms. The number of aliphatic hydroxyl groups is 1. The minimum Gasteiger partial charge on any atom is -0.482 e. The molecule has 2 unspecified atom stereocenters. The number of halogens is 1. The summed E-state index contributed by atoms with van der Waals surface area (Å²) in [6.07, 6.45) is -1.25. The van der Waals surface area contributed by atoms with Crippen LogP contribution in [0.3, 0.4) is 0 Å². The minimum atomic E-state index is -0.745. The molecule has 0 aromatic heterocycles. The zero-order valence-electron chi connectivity index (χ0n) is 14.3. The van der Waals surface area contributed by atoms with E-state index >= 15 is 0 Å². The van der Waals surface area contributed by atoms with Crippen molar-refractivity contribution in [2.45, 2.75) is 37.7 Å². The van der Waals surface area contributed by atoms with E-state index in [9.17, 15) is 9.90 Å². The average molecular weight is 374 g/mol. The molecule has 0 spiro atoms. The van der Waals surface area contributed by atoms with Gasteiger partial charge in [-0.05, 0) is 43.2 Å². The van der Waals surface area contributed by atoms with Gasteiger partial charge < -0.3 is 19.5 Å². The number of rotatable bonds is 2. The van der Waals surface area contributed by atoms with Crippen molar-refractivity contribution in [2.24, 2.45) is 0 Å². The Bertz CT molecular complexity index is 810. The van der Waals surface area contributed by atoms with Crippen LogP contribution in [0.25, 0.3) is 0 Å². The molecule has 2 aliphatic rings. The molecule has 2 aromatic rings. The smallest absolute Gasteiger partial charge is 0.268 e. The first kappa shape index (κ1) is 17.2. The summed E-state index contributed by atoms with van der Waals surface area (Å²) in [4.78, 5) is 14.9. The van der Waals surface area contributed by atoms with Crippen LogP contribution in [-0.4, -0.2) is 40.8 Å². The highest BCUT2D eigenvalue weighted by atomic mass is 35.5. The molecular formula is C20H20ClNO4. The number of amides is 1. The lowest BCUT2D eigenvalue weighted by atomic mass is 10.0. The summed E-state index contributed by atoms with van der Waals surface area (Å²) in [5.74, 6) is 1.02. The second-order valence-corrected chi connectivity index (χ2v) is 7.13. The number of aliphatic hydroxyl groups excluding tert-OH is 1. The summed E-state index contributed by atoms with van der Waals surface area (Å²) in [6.45, 7) is 2.30. The Hall–Kier alpha value is -2.24. The lowest BCUT2D eigenvalue weighted by molar-refractivity contribution is -0.146. The predicted octanol–water partition coefficient (Wildman–Crippen LogP) is 3.20. The van der Waals surface area contributed by atoms with Gasteiger partial charge in [-0.3, -0.25) is 4.79 Å². The minimum absolute atomic E-state index is 0.177.